The van der Waals surface area contributed by atoms with Crippen molar-refractivity contribution in [2.24, 2.45) is 0 Å². The number of fused-ring (bicyclic) bond motifs is 1. The van der Waals surface area contributed by atoms with Gasteiger partial charge in [-0.15, -0.1) is 0 Å². The van der Waals surface area contributed by atoms with Gasteiger partial charge in [0.25, 0.3) is 5.56 Å². The van der Waals surface area contributed by atoms with Crippen molar-refractivity contribution in [1.29, 1.82) is 0 Å². The second kappa shape index (κ2) is 12.4. The van der Waals surface area contributed by atoms with E-state index in [9.17, 15) is 18.5 Å². The SMILES string of the molecule is Nc1nc2c(ncn2CCOCP(=O)(OCOC(=O)Oc2ccc(F)cc2)OCc2ccccc2)c(=O)[nH]1. The average molecular weight is 547 g/mol. The van der Waals surface area contributed by atoms with E-state index in [1.54, 1.807) is 28.8 Å². The number of H-pyrrole nitrogens is 1. The molecule has 3 N–H and O–H groups in total. The Morgan fingerprint density at radius 3 is 2.63 bits per heavy atom. The van der Waals surface area contributed by atoms with Crippen LogP contribution in [0.5, 0.6) is 5.75 Å². The van der Waals surface area contributed by atoms with E-state index in [-0.39, 0.29) is 42.6 Å². The number of anilines is 1. The Morgan fingerprint density at radius 2 is 1.87 bits per heavy atom. The Hall–Kier alpha value is -4.10. The molecule has 4 aromatic rings. The number of nitrogens with two attached hydrogens (primary N) is 1. The first-order valence-corrected chi connectivity index (χ1v) is 12.8. The third-order valence-electron chi connectivity index (χ3n) is 4.93. The lowest BCUT2D eigenvalue weighted by molar-refractivity contribution is 0.0154. The maximum absolute atomic E-state index is 13.3. The number of halogens is 1. The first-order valence-electron chi connectivity index (χ1n) is 11.1. The van der Waals surface area contributed by atoms with Gasteiger partial charge in [0.05, 0.1) is 19.5 Å². The number of imidazole rings is 1. The van der Waals surface area contributed by atoms with Crippen LogP contribution < -0.4 is 16.0 Å². The van der Waals surface area contributed by atoms with Gasteiger partial charge in [-0.1, -0.05) is 30.3 Å². The van der Waals surface area contributed by atoms with Crippen LogP contribution in [0.1, 0.15) is 5.56 Å². The molecular formula is C23H23FN5O8P. The van der Waals surface area contributed by atoms with Gasteiger partial charge in [-0.25, -0.2) is 14.2 Å². The third-order valence-corrected chi connectivity index (χ3v) is 6.45. The highest BCUT2D eigenvalue weighted by atomic mass is 31.2. The molecule has 38 heavy (non-hydrogen) atoms. The number of carbonyl (C=O) groups excluding carboxylic acids is 1. The van der Waals surface area contributed by atoms with E-state index in [1.807, 2.05) is 6.07 Å². The summed E-state index contributed by atoms with van der Waals surface area (Å²) >= 11 is 0. The molecule has 13 nitrogen and oxygen atoms in total. The Labute approximate surface area is 214 Å². The van der Waals surface area contributed by atoms with Gasteiger partial charge in [-0.3, -0.25) is 18.9 Å². The molecular weight excluding hydrogens is 524 g/mol. The van der Waals surface area contributed by atoms with Crippen molar-refractivity contribution in [3.05, 3.63) is 82.7 Å². The van der Waals surface area contributed by atoms with Gasteiger partial charge in [0, 0.05) is 6.54 Å². The standard InChI is InChI=1S/C23H23FN5O8P/c24-17-6-8-18(9-7-17)37-23(31)34-14-36-38(32,35-12-16-4-2-1-3-5-16)15-33-11-10-29-13-26-19-20(29)27-22(25)28-21(19)30/h1-9,13H,10-12,14-15H2,(H3,25,27,28,30). The van der Waals surface area contributed by atoms with Crippen molar-refractivity contribution >= 4 is 30.9 Å². The highest BCUT2D eigenvalue weighted by Gasteiger charge is 2.27. The predicted molar refractivity (Wildman–Crippen MR) is 132 cm³/mol. The van der Waals surface area contributed by atoms with Gasteiger partial charge >= 0.3 is 13.8 Å². The number of hydrogen-bond donors (Lipinski definition) is 2. The maximum atomic E-state index is 13.3. The number of aromatic nitrogens is 4. The zero-order valence-electron chi connectivity index (χ0n) is 19.8. The quantitative estimate of drug-likeness (QED) is 0.0876. The average Bonchev–Trinajstić information content (AvgIpc) is 3.30. The Kier molecular flexibility index (Phi) is 8.81. The molecule has 2 aromatic heterocycles. The summed E-state index contributed by atoms with van der Waals surface area (Å²) in [5.74, 6) is -0.510. The van der Waals surface area contributed by atoms with Gasteiger partial charge in [0.2, 0.25) is 12.7 Å². The number of benzene rings is 2. The van der Waals surface area contributed by atoms with Gasteiger partial charge in [0.1, 0.15) is 17.9 Å². The number of ether oxygens (including phenoxy) is 3. The molecule has 2 aromatic carbocycles. The number of nitrogens with one attached hydrogen (secondary N) is 1. The molecule has 0 saturated heterocycles. The van der Waals surface area contributed by atoms with Crippen molar-refractivity contribution < 1.29 is 37.0 Å². The first kappa shape index (κ1) is 26.9. The Morgan fingerprint density at radius 1 is 1.11 bits per heavy atom. The minimum absolute atomic E-state index is 0.0232. The summed E-state index contributed by atoms with van der Waals surface area (Å²) in [7, 11) is -3.92. The number of aromatic amines is 1. The molecule has 1 unspecified atom stereocenters. The molecule has 2 heterocycles. The van der Waals surface area contributed by atoms with Crippen LogP contribution in [0.15, 0.2) is 65.7 Å². The summed E-state index contributed by atoms with van der Waals surface area (Å²) < 4.78 is 53.8. The van der Waals surface area contributed by atoms with Crippen LogP contribution in [0.2, 0.25) is 0 Å². The fraction of sp³-hybridized carbons (Fsp3) is 0.217. The van der Waals surface area contributed by atoms with Crippen LogP contribution in [0.25, 0.3) is 11.2 Å². The maximum Gasteiger partial charge on any atom is 0.515 e. The zero-order chi connectivity index (χ0) is 27.0. The summed E-state index contributed by atoms with van der Waals surface area (Å²) in [6, 6.07) is 13.6. The smallest absolute Gasteiger partial charge is 0.406 e. The molecule has 0 aliphatic rings. The molecule has 0 bridgehead atoms. The summed E-state index contributed by atoms with van der Waals surface area (Å²) in [5, 5.41) is 0. The Balaban J connectivity index is 1.32. The fourth-order valence-electron chi connectivity index (χ4n) is 3.12. The van der Waals surface area contributed by atoms with Crippen LogP contribution in [0.4, 0.5) is 15.1 Å². The minimum Gasteiger partial charge on any atom is -0.406 e. The van der Waals surface area contributed by atoms with Crippen LogP contribution in [-0.2, 0) is 36.2 Å². The van der Waals surface area contributed by atoms with Gasteiger partial charge in [-0.05, 0) is 29.8 Å². The van der Waals surface area contributed by atoms with E-state index < -0.39 is 38.3 Å². The normalized spacial score (nSPS) is 12.8. The van der Waals surface area contributed by atoms with Crippen molar-refractivity contribution in [1.82, 2.24) is 19.5 Å². The van der Waals surface area contributed by atoms with Crippen LogP contribution >= 0.6 is 7.60 Å². The molecule has 0 radical (unpaired) electrons. The summed E-state index contributed by atoms with van der Waals surface area (Å²) in [6.45, 7) is -0.589. The molecule has 0 spiro atoms. The van der Waals surface area contributed by atoms with Crippen LogP contribution in [-0.4, -0.2) is 45.4 Å². The molecule has 4 rings (SSSR count). The second-order valence-corrected chi connectivity index (χ2v) is 9.66. The number of nitrogens with zero attached hydrogens (tertiary/aromatic N) is 3. The molecule has 0 fully saturated rings. The van der Waals surface area contributed by atoms with E-state index in [1.165, 1.54) is 18.5 Å². The number of rotatable bonds is 12. The molecule has 200 valence electrons. The van der Waals surface area contributed by atoms with Crippen molar-refractivity contribution in [3.8, 4) is 5.75 Å². The molecule has 0 aliphatic carbocycles. The minimum atomic E-state index is -3.92. The first-order chi connectivity index (χ1) is 18.3. The number of nitrogen functional groups attached to an aromatic ring is 1. The van der Waals surface area contributed by atoms with E-state index >= 15 is 0 Å². The predicted octanol–water partition coefficient (Wildman–Crippen LogP) is 3.41. The number of hydrogen-bond acceptors (Lipinski definition) is 11. The van der Waals surface area contributed by atoms with E-state index in [0.717, 1.165) is 17.7 Å². The molecule has 15 heteroatoms. The van der Waals surface area contributed by atoms with Gasteiger partial charge < -0.3 is 29.0 Å². The zero-order valence-corrected chi connectivity index (χ0v) is 20.7. The second-order valence-electron chi connectivity index (χ2n) is 7.67. The summed E-state index contributed by atoms with van der Waals surface area (Å²) in [6.07, 6.45) is -0.224. The topological polar surface area (TPSA) is 170 Å². The largest absolute Gasteiger partial charge is 0.515 e. The van der Waals surface area contributed by atoms with Gasteiger partial charge in [0.15, 0.2) is 11.2 Å². The van der Waals surface area contributed by atoms with E-state index in [0.29, 0.717) is 0 Å². The van der Waals surface area contributed by atoms with Crippen molar-refractivity contribution in [2.45, 2.75) is 13.2 Å². The highest BCUT2D eigenvalue weighted by molar-refractivity contribution is 7.53. The number of carbonyl (C=O) groups is 1. The van der Waals surface area contributed by atoms with Crippen LogP contribution in [0.3, 0.4) is 0 Å². The van der Waals surface area contributed by atoms with Gasteiger partial charge in [-0.2, -0.15) is 4.98 Å². The van der Waals surface area contributed by atoms with Crippen molar-refractivity contribution in [2.75, 3.05) is 25.5 Å². The summed E-state index contributed by atoms with van der Waals surface area (Å²) in [5.41, 5.74) is 6.23. The van der Waals surface area contributed by atoms with Crippen LogP contribution in [0, 0.1) is 5.82 Å². The lowest BCUT2D eigenvalue weighted by Gasteiger charge is -2.18. The third kappa shape index (κ3) is 7.46. The van der Waals surface area contributed by atoms with E-state index in [2.05, 4.69) is 15.0 Å². The highest BCUT2D eigenvalue weighted by Crippen LogP contribution is 2.49. The Bertz CT molecular complexity index is 1480. The molecule has 0 saturated carbocycles. The lowest BCUT2D eigenvalue weighted by Crippen LogP contribution is -2.15. The van der Waals surface area contributed by atoms with E-state index in [4.69, 9.17) is 29.0 Å². The molecule has 1 atom stereocenters. The lowest BCUT2D eigenvalue weighted by atomic mass is 10.2. The monoisotopic (exact) mass is 547 g/mol. The summed E-state index contributed by atoms with van der Waals surface area (Å²) in [4.78, 5) is 34.2. The fourth-order valence-corrected chi connectivity index (χ4v) is 4.25. The van der Waals surface area contributed by atoms with Crippen molar-refractivity contribution in [3.63, 3.8) is 0 Å². The molecule has 0 aliphatic heterocycles. The molecule has 0 amide bonds.